The van der Waals surface area contributed by atoms with E-state index in [1.54, 1.807) is 24.3 Å². The molecule has 0 aliphatic carbocycles. The number of hydrogen-bond donors (Lipinski definition) is 2. The lowest BCUT2D eigenvalue weighted by Crippen LogP contribution is -2.44. The lowest BCUT2D eigenvalue weighted by atomic mass is 9.78. The fourth-order valence-electron chi connectivity index (χ4n) is 3.61. The Bertz CT molecular complexity index is 1260. The summed E-state index contributed by atoms with van der Waals surface area (Å²) in [5.74, 6) is -3.35. The molecule has 2 aromatic carbocycles. The Balaban J connectivity index is 1.91. The van der Waals surface area contributed by atoms with E-state index in [2.05, 4.69) is 48.6 Å². The van der Waals surface area contributed by atoms with Gasteiger partial charge < -0.3 is 20.1 Å². The van der Waals surface area contributed by atoms with Crippen LogP contribution in [0.4, 0.5) is 5.69 Å². The molecular weight excluding hydrogens is 602 g/mol. The number of methoxy groups -OCH3 is 2. The van der Waals surface area contributed by atoms with Crippen LogP contribution in [-0.2, 0) is 19.1 Å². The van der Waals surface area contributed by atoms with Crippen molar-refractivity contribution in [2.75, 3.05) is 25.3 Å². The average molecular weight is 623 g/mol. The van der Waals surface area contributed by atoms with E-state index in [1.807, 2.05) is 19.1 Å². The highest BCUT2D eigenvalue weighted by Crippen LogP contribution is 2.42. The van der Waals surface area contributed by atoms with Crippen molar-refractivity contribution in [3.8, 4) is 11.8 Å². The van der Waals surface area contributed by atoms with Gasteiger partial charge in [0.05, 0.1) is 41.1 Å². The molecular formula is C24H21Br2N3O5S. The van der Waals surface area contributed by atoms with Crippen LogP contribution in [0, 0.1) is 24.2 Å². The van der Waals surface area contributed by atoms with E-state index in [9.17, 15) is 19.6 Å². The molecule has 1 heterocycles. The largest absolute Gasteiger partial charge is 0.496 e. The third-order valence-corrected chi connectivity index (χ3v) is 7.83. The Labute approximate surface area is 223 Å². The van der Waals surface area contributed by atoms with Crippen LogP contribution in [0.2, 0.25) is 0 Å². The summed E-state index contributed by atoms with van der Waals surface area (Å²) in [7, 11) is 2.70. The monoisotopic (exact) mass is 621 g/mol. The van der Waals surface area contributed by atoms with Gasteiger partial charge >= 0.3 is 5.97 Å². The van der Waals surface area contributed by atoms with Crippen LogP contribution in [0.25, 0.3) is 0 Å². The molecule has 1 aliphatic heterocycles. The first-order valence-corrected chi connectivity index (χ1v) is 12.8. The first-order valence-electron chi connectivity index (χ1n) is 10.2. The summed E-state index contributed by atoms with van der Waals surface area (Å²) in [6, 6.07) is 12.6. The summed E-state index contributed by atoms with van der Waals surface area (Å²) < 4.78 is 11.6. The van der Waals surface area contributed by atoms with E-state index in [4.69, 9.17) is 9.47 Å². The van der Waals surface area contributed by atoms with Crippen LogP contribution in [-0.4, -0.2) is 37.8 Å². The number of carbonyl (C=O) groups excluding carboxylic acids is 3. The summed E-state index contributed by atoms with van der Waals surface area (Å²) in [6.45, 7) is 1.91. The molecule has 2 atom stereocenters. The SMILES string of the molecule is COC(=O)[C@@H]1C(=O)NC(SCC(=O)Nc2ccc(Br)c(C)c2)=C(C#N)[C@@H]1c1ccc(OC)c(Br)c1. The molecule has 2 aromatic rings. The van der Waals surface area contributed by atoms with Gasteiger partial charge in [0.15, 0.2) is 0 Å². The number of esters is 1. The van der Waals surface area contributed by atoms with Crippen molar-refractivity contribution in [3.63, 3.8) is 0 Å². The molecule has 11 heteroatoms. The maximum atomic E-state index is 13.0. The number of allylic oxidation sites excluding steroid dienone is 1. The normalized spacial score (nSPS) is 17.3. The zero-order valence-electron chi connectivity index (χ0n) is 19.0. The van der Waals surface area contributed by atoms with Gasteiger partial charge in [-0.05, 0) is 64.3 Å². The first-order chi connectivity index (χ1) is 16.7. The van der Waals surface area contributed by atoms with Crippen LogP contribution in [0.3, 0.4) is 0 Å². The molecule has 0 radical (unpaired) electrons. The second kappa shape index (κ2) is 11.7. The molecule has 0 bridgehead atoms. The Kier molecular flexibility index (Phi) is 8.99. The van der Waals surface area contributed by atoms with E-state index in [0.29, 0.717) is 21.5 Å². The summed E-state index contributed by atoms with van der Waals surface area (Å²) >= 11 is 7.84. The lowest BCUT2D eigenvalue weighted by Gasteiger charge is -2.31. The molecule has 0 aromatic heterocycles. The number of aryl methyl sites for hydroxylation is 1. The maximum Gasteiger partial charge on any atom is 0.319 e. The molecule has 0 saturated heterocycles. The molecule has 0 spiro atoms. The minimum Gasteiger partial charge on any atom is -0.496 e. The topological polar surface area (TPSA) is 118 Å². The maximum absolute atomic E-state index is 13.0. The van der Waals surface area contributed by atoms with Crippen LogP contribution in [0.5, 0.6) is 5.75 Å². The van der Waals surface area contributed by atoms with Gasteiger partial charge in [0, 0.05) is 16.1 Å². The smallest absolute Gasteiger partial charge is 0.319 e. The number of amides is 2. The van der Waals surface area contributed by atoms with Crippen molar-refractivity contribution in [2.45, 2.75) is 12.8 Å². The quantitative estimate of drug-likeness (QED) is 0.341. The molecule has 2 amide bonds. The van der Waals surface area contributed by atoms with Crippen molar-refractivity contribution >= 4 is 67.1 Å². The summed E-state index contributed by atoms with van der Waals surface area (Å²) in [4.78, 5) is 38.0. The van der Waals surface area contributed by atoms with Crippen LogP contribution >= 0.6 is 43.6 Å². The molecule has 8 nitrogen and oxygen atoms in total. The van der Waals surface area contributed by atoms with Crippen molar-refractivity contribution in [2.24, 2.45) is 5.92 Å². The molecule has 35 heavy (non-hydrogen) atoms. The Hall–Kier alpha value is -2.81. The van der Waals surface area contributed by atoms with Gasteiger partial charge in [0.2, 0.25) is 11.8 Å². The molecule has 3 rings (SSSR count). The van der Waals surface area contributed by atoms with Crippen molar-refractivity contribution in [1.82, 2.24) is 5.32 Å². The van der Waals surface area contributed by atoms with Gasteiger partial charge in [-0.15, -0.1) is 0 Å². The molecule has 182 valence electrons. The highest BCUT2D eigenvalue weighted by molar-refractivity contribution is 9.10. The van der Waals surface area contributed by atoms with E-state index in [1.165, 1.54) is 14.2 Å². The minimum absolute atomic E-state index is 0.0577. The van der Waals surface area contributed by atoms with Crippen molar-refractivity contribution < 1.29 is 23.9 Å². The number of carbonyl (C=O) groups is 3. The molecule has 2 N–H and O–H groups in total. The Morgan fingerprint density at radius 1 is 1.17 bits per heavy atom. The molecule has 0 unspecified atom stereocenters. The average Bonchev–Trinajstić information content (AvgIpc) is 2.84. The number of nitrogens with zero attached hydrogens (tertiary/aromatic N) is 1. The number of hydrogen-bond acceptors (Lipinski definition) is 7. The zero-order chi connectivity index (χ0) is 25.7. The Morgan fingerprint density at radius 2 is 1.91 bits per heavy atom. The number of anilines is 1. The summed E-state index contributed by atoms with van der Waals surface area (Å²) in [6.07, 6.45) is 0. The highest BCUT2D eigenvalue weighted by Gasteiger charge is 2.44. The standard InChI is InChI=1S/C24H21Br2N3O5S/c1-12-8-14(5-6-16(12)25)28-19(30)11-35-23-15(10-27)20(21(22(31)29-23)24(32)34-3)13-4-7-18(33-2)17(26)9-13/h4-9,20-21H,11H2,1-3H3,(H,28,30)(H,29,31)/t20-,21-/m0/s1. The van der Waals surface area contributed by atoms with Gasteiger partial charge in [-0.2, -0.15) is 5.26 Å². The molecule has 0 fully saturated rings. The second-order valence-electron chi connectivity index (χ2n) is 7.52. The summed E-state index contributed by atoms with van der Waals surface area (Å²) in [5, 5.41) is 15.6. The van der Waals surface area contributed by atoms with Crippen molar-refractivity contribution in [3.05, 3.63) is 67.1 Å². The fraction of sp³-hybridized carbons (Fsp3) is 0.250. The van der Waals surface area contributed by atoms with Gasteiger partial charge in [-0.3, -0.25) is 14.4 Å². The predicted octanol–water partition coefficient (Wildman–Crippen LogP) is 4.64. The zero-order valence-corrected chi connectivity index (χ0v) is 23.0. The predicted molar refractivity (Wildman–Crippen MR) is 140 cm³/mol. The number of ether oxygens (including phenoxy) is 2. The molecule has 0 saturated carbocycles. The minimum atomic E-state index is -1.26. The number of halogens is 2. The third-order valence-electron chi connectivity index (χ3n) is 5.31. The van der Waals surface area contributed by atoms with Gasteiger partial charge in [-0.1, -0.05) is 33.8 Å². The fourth-order valence-corrected chi connectivity index (χ4v) is 5.27. The third kappa shape index (κ3) is 6.07. The number of benzene rings is 2. The van der Waals surface area contributed by atoms with Crippen LogP contribution < -0.4 is 15.4 Å². The number of rotatable bonds is 7. The van der Waals surface area contributed by atoms with E-state index in [0.717, 1.165) is 21.8 Å². The van der Waals surface area contributed by atoms with E-state index in [-0.39, 0.29) is 22.3 Å². The molecule has 1 aliphatic rings. The van der Waals surface area contributed by atoms with Gasteiger partial charge in [-0.25, -0.2) is 0 Å². The van der Waals surface area contributed by atoms with Gasteiger partial charge in [0.25, 0.3) is 0 Å². The van der Waals surface area contributed by atoms with E-state index >= 15 is 0 Å². The van der Waals surface area contributed by atoms with E-state index < -0.39 is 23.7 Å². The highest BCUT2D eigenvalue weighted by atomic mass is 79.9. The number of nitrogens with one attached hydrogen (secondary N) is 2. The Morgan fingerprint density at radius 3 is 2.51 bits per heavy atom. The van der Waals surface area contributed by atoms with Crippen LogP contribution in [0.1, 0.15) is 17.0 Å². The second-order valence-corrected chi connectivity index (χ2v) is 10.2. The van der Waals surface area contributed by atoms with Crippen LogP contribution in [0.15, 0.2) is 55.9 Å². The number of thioether (sulfide) groups is 1. The van der Waals surface area contributed by atoms with Gasteiger partial charge in [0.1, 0.15) is 11.7 Å². The van der Waals surface area contributed by atoms with Crippen molar-refractivity contribution in [1.29, 1.82) is 5.26 Å². The first kappa shape index (κ1) is 26.8. The number of nitriles is 1. The lowest BCUT2D eigenvalue weighted by molar-refractivity contribution is -0.150. The summed E-state index contributed by atoms with van der Waals surface area (Å²) in [5.41, 5.74) is 2.30.